The van der Waals surface area contributed by atoms with Gasteiger partial charge in [-0.25, -0.2) is 0 Å². The van der Waals surface area contributed by atoms with Gasteiger partial charge in [0.1, 0.15) is 0 Å². The number of aliphatic hydroxyl groups is 1. The second-order valence-corrected chi connectivity index (χ2v) is 6.74. The van der Waals surface area contributed by atoms with Crippen LogP contribution < -0.4 is 5.32 Å². The Bertz CT molecular complexity index is 521. The van der Waals surface area contributed by atoms with Crippen LogP contribution in [0, 0.1) is 0 Å². The molecule has 0 saturated carbocycles. The average Bonchev–Trinajstić information content (AvgIpc) is 2.67. The van der Waals surface area contributed by atoms with Crippen LogP contribution in [0.15, 0.2) is 29.7 Å². The molecule has 2 rings (SSSR count). The minimum atomic E-state index is -0.507. The van der Waals surface area contributed by atoms with E-state index in [1.165, 1.54) is 5.56 Å². The smallest absolute Gasteiger partial charge is 0.400 e. The molecule has 22 heavy (non-hydrogen) atoms. The van der Waals surface area contributed by atoms with Crippen molar-refractivity contribution in [1.82, 2.24) is 5.32 Å². The van der Waals surface area contributed by atoms with Crippen molar-refractivity contribution in [3.05, 3.63) is 40.9 Å². The first-order valence-electron chi connectivity index (χ1n) is 7.69. The average molecular weight is 303 g/mol. The van der Waals surface area contributed by atoms with E-state index in [9.17, 15) is 5.11 Å². The third-order valence-corrected chi connectivity index (χ3v) is 4.45. The van der Waals surface area contributed by atoms with Gasteiger partial charge in [-0.1, -0.05) is 30.3 Å². The molecule has 1 heterocycles. The Morgan fingerprint density at radius 1 is 1.14 bits per heavy atom. The summed E-state index contributed by atoms with van der Waals surface area (Å²) < 4.78 is 12.0. The lowest BCUT2D eigenvalue weighted by Crippen LogP contribution is -2.41. The quantitative estimate of drug-likeness (QED) is 0.820. The maximum atomic E-state index is 9.69. The van der Waals surface area contributed by atoms with Gasteiger partial charge in [0.15, 0.2) is 0 Å². The molecule has 0 bridgehead atoms. The van der Waals surface area contributed by atoms with Crippen molar-refractivity contribution in [3.63, 3.8) is 0 Å². The Kier molecular flexibility index (Phi) is 5.12. The Morgan fingerprint density at radius 3 is 2.14 bits per heavy atom. The molecule has 1 aliphatic rings. The number of nitrogens with one attached hydrogen (secondary N) is 1. The fourth-order valence-corrected chi connectivity index (χ4v) is 2.33. The van der Waals surface area contributed by atoms with Crippen molar-refractivity contribution in [2.75, 3.05) is 13.7 Å². The summed E-state index contributed by atoms with van der Waals surface area (Å²) in [5.41, 5.74) is 2.19. The standard InChI is InChI=1S/C17H26BNO3/c1-16(2)17(3,4)22-18(21-16)15(12-20)10-13-6-8-14(9-7-13)11-19-5/h6-10,19-20H,11-12H2,1-5H3. The zero-order chi connectivity index (χ0) is 16.4. The van der Waals surface area contributed by atoms with E-state index < -0.39 is 18.3 Å². The second-order valence-electron chi connectivity index (χ2n) is 6.74. The van der Waals surface area contributed by atoms with E-state index in [-0.39, 0.29) is 6.61 Å². The predicted octanol–water partition coefficient (Wildman–Crippen LogP) is 2.41. The molecule has 120 valence electrons. The van der Waals surface area contributed by atoms with Crippen LogP contribution >= 0.6 is 0 Å². The van der Waals surface area contributed by atoms with Crippen LogP contribution in [-0.2, 0) is 15.9 Å². The first kappa shape index (κ1) is 17.2. The normalized spacial score (nSPS) is 20.5. The largest absolute Gasteiger partial charge is 0.492 e. The maximum absolute atomic E-state index is 9.69. The molecular weight excluding hydrogens is 277 g/mol. The van der Waals surface area contributed by atoms with Gasteiger partial charge in [0.2, 0.25) is 0 Å². The summed E-state index contributed by atoms with van der Waals surface area (Å²) >= 11 is 0. The van der Waals surface area contributed by atoms with Crippen LogP contribution in [0.5, 0.6) is 0 Å². The van der Waals surface area contributed by atoms with Crippen LogP contribution in [0.4, 0.5) is 0 Å². The highest BCUT2D eigenvalue weighted by Crippen LogP contribution is 2.38. The molecule has 0 spiro atoms. The Balaban J connectivity index is 2.18. The van der Waals surface area contributed by atoms with E-state index in [4.69, 9.17) is 9.31 Å². The topological polar surface area (TPSA) is 50.7 Å². The summed E-state index contributed by atoms with van der Waals surface area (Å²) in [5, 5.41) is 12.8. The molecule has 0 radical (unpaired) electrons. The van der Waals surface area contributed by atoms with Gasteiger partial charge in [0.25, 0.3) is 0 Å². The fraction of sp³-hybridized carbons (Fsp3) is 0.529. The summed E-state index contributed by atoms with van der Waals surface area (Å²) in [5.74, 6) is 0. The van der Waals surface area contributed by atoms with E-state index in [2.05, 4.69) is 17.4 Å². The Labute approximate surface area is 133 Å². The second kappa shape index (κ2) is 6.55. The summed E-state index contributed by atoms with van der Waals surface area (Å²) in [6, 6.07) is 8.21. The SMILES string of the molecule is CNCc1ccc(C=C(CO)B2OC(C)(C)C(C)(C)O2)cc1. The summed E-state index contributed by atoms with van der Waals surface area (Å²) in [7, 11) is 1.42. The van der Waals surface area contributed by atoms with E-state index in [0.717, 1.165) is 17.6 Å². The number of rotatable bonds is 5. The Hall–Kier alpha value is -1.14. The summed E-state index contributed by atoms with van der Waals surface area (Å²) in [4.78, 5) is 0. The van der Waals surface area contributed by atoms with E-state index in [0.29, 0.717) is 0 Å². The third kappa shape index (κ3) is 3.61. The third-order valence-electron chi connectivity index (χ3n) is 4.45. The van der Waals surface area contributed by atoms with Crippen LogP contribution in [0.1, 0.15) is 38.8 Å². The minimum absolute atomic E-state index is 0.0882. The van der Waals surface area contributed by atoms with Gasteiger partial charge < -0.3 is 19.7 Å². The molecule has 2 N–H and O–H groups in total. The monoisotopic (exact) mass is 303 g/mol. The van der Waals surface area contributed by atoms with Gasteiger partial charge in [-0.2, -0.15) is 0 Å². The molecule has 1 saturated heterocycles. The molecule has 0 amide bonds. The van der Waals surface area contributed by atoms with Gasteiger partial charge in [0, 0.05) is 6.54 Å². The van der Waals surface area contributed by atoms with E-state index in [1.54, 1.807) is 0 Å². The van der Waals surface area contributed by atoms with Crippen LogP contribution in [0.25, 0.3) is 6.08 Å². The van der Waals surface area contributed by atoms with Gasteiger partial charge in [-0.05, 0) is 51.3 Å². The number of benzene rings is 1. The van der Waals surface area contributed by atoms with Crippen molar-refractivity contribution in [3.8, 4) is 0 Å². The van der Waals surface area contributed by atoms with Crippen molar-refractivity contribution in [2.45, 2.75) is 45.4 Å². The number of hydrogen-bond acceptors (Lipinski definition) is 4. The minimum Gasteiger partial charge on any atom is -0.400 e. The van der Waals surface area contributed by atoms with Gasteiger partial charge in [-0.15, -0.1) is 0 Å². The highest BCUT2D eigenvalue weighted by molar-refractivity contribution is 6.55. The molecule has 1 aliphatic heterocycles. The first-order valence-corrected chi connectivity index (χ1v) is 7.69. The highest BCUT2D eigenvalue weighted by atomic mass is 16.7. The number of hydrogen-bond donors (Lipinski definition) is 2. The van der Waals surface area contributed by atoms with Crippen LogP contribution in [-0.4, -0.2) is 37.1 Å². The summed E-state index contributed by atoms with van der Waals surface area (Å²) in [6.07, 6.45) is 1.94. The van der Waals surface area contributed by atoms with Crippen molar-refractivity contribution in [2.24, 2.45) is 0 Å². The van der Waals surface area contributed by atoms with Crippen molar-refractivity contribution < 1.29 is 14.4 Å². The molecular formula is C17H26BNO3. The van der Waals surface area contributed by atoms with Crippen molar-refractivity contribution >= 4 is 13.2 Å². The molecule has 1 aromatic rings. The fourth-order valence-electron chi connectivity index (χ4n) is 2.33. The molecule has 1 aromatic carbocycles. The van der Waals surface area contributed by atoms with Gasteiger partial charge in [-0.3, -0.25) is 0 Å². The lowest BCUT2D eigenvalue weighted by Gasteiger charge is -2.32. The van der Waals surface area contributed by atoms with Crippen LogP contribution in [0.2, 0.25) is 0 Å². The highest BCUT2D eigenvalue weighted by Gasteiger charge is 2.52. The van der Waals surface area contributed by atoms with Crippen LogP contribution in [0.3, 0.4) is 0 Å². The molecule has 0 unspecified atom stereocenters. The molecule has 5 heteroatoms. The van der Waals surface area contributed by atoms with E-state index in [1.807, 2.05) is 53.0 Å². The zero-order valence-electron chi connectivity index (χ0n) is 14.1. The molecule has 4 nitrogen and oxygen atoms in total. The zero-order valence-corrected chi connectivity index (χ0v) is 14.1. The lowest BCUT2D eigenvalue weighted by molar-refractivity contribution is 0.00578. The molecule has 1 fully saturated rings. The van der Waals surface area contributed by atoms with Crippen molar-refractivity contribution in [1.29, 1.82) is 0 Å². The van der Waals surface area contributed by atoms with E-state index >= 15 is 0 Å². The first-order chi connectivity index (χ1) is 10.3. The van der Waals surface area contributed by atoms with Gasteiger partial charge in [0.05, 0.1) is 17.8 Å². The molecule has 0 aliphatic carbocycles. The molecule has 0 atom stereocenters. The lowest BCUT2D eigenvalue weighted by atomic mass is 9.77. The number of aliphatic hydroxyl groups excluding tert-OH is 1. The maximum Gasteiger partial charge on any atom is 0.492 e. The predicted molar refractivity (Wildman–Crippen MR) is 90.4 cm³/mol. The summed E-state index contributed by atoms with van der Waals surface area (Å²) in [6.45, 7) is 8.79. The van der Waals surface area contributed by atoms with Gasteiger partial charge >= 0.3 is 7.12 Å². The molecule has 0 aromatic heterocycles. The Morgan fingerprint density at radius 2 is 1.68 bits per heavy atom.